The van der Waals surface area contributed by atoms with E-state index in [9.17, 15) is 0 Å². The van der Waals surface area contributed by atoms with E-state index in [2.05, 4.69) is 39.1 Å². The molecule has 0 aromatic carbocycles. The maximum atomic E-state index is 8.90. The van der Waals surface area contributed by atoms with Gasteiger partial charge in [0.05, 0.1) is 12.1 Å². The summed E-state index contributed by atoms with van der Waals surface area (Å²) in [6.07, 6.45) is 2.16. The molecule has 70 valence electrons. The fourth-order valence-electron chi connectivity index (χ4n) is 1.40. The second-order valence-electron chi connectivity index (χ2n) is 3.50. The van der Waals surface area contributed by atoms with Gasteiger partial charge in [-0.3, -0.25) is 5.32 Å². The van der Waals surface area contributed by atoms with E-state index in [1.54, 1.807) is 0 Å². The topological polar surface area (TPSA) is 35.8 Å². The van der Waals surface area contributed by atoms with Crippen LogP contribution in [0, 0.1) is 17.2 Å². The number of nitrogens with one attached hydrogen (secondary N) is 1. The lowest BCUT2D eigenvalue weighted by molar-refractivity contribution is 0.368. The molecule has 2 nitrogen and oxygen atoms in total. The van der Waals surface area contributed by atoms with E-state index < -0.39 is 0 Å². The van der Waals surface area contributed by atoms with Gasteiger partial charge in [-0.2, -0.15) is 5.26 Å². The van der Waals surface area contributed by atoms with Crippen LogP contribution in [0.15, 0.2) is 0 Å². The molecule has 0 bridgehead atoms. The summed E-state index contributed by atoms with van der Waals surface area (Å²) in [4.78, 5) is 0. The summed E-state index contributed by atoms with van der Waals surface area (Å²) in [7, 11) is 0. The molecule has 0 unspecified atom stereocenters. The highest BCUT2D eigenvalue weighted by Crippen LogP contribution is 2.12. The quantitative estimate of drug-likeness (QED) is 0.683. The average molecular weight is 168 g/mol. The molecule has 12 heavy (non-hydrogen) atoms. The number of rotatable bonds is 5. The van der Waals surface area contributed by atoms with Gasteiger partial charge in [-0.1, -0.05) is 26.7 Å². The van der Waals surface area contributed by atoms with Gasteiger partial charge in [0, 0.05) is 6.04 Å². The first-order chi connectivity index (χ1) is 5.65. The molecule has 0 radical (unpaired) electrons. The minimum absolute atomic E-state index is 0.0278. The molecule has 1 atom stereocenters. The van der Waals surface area contributed by atoms with Gasteiger partial charge in [0.25, 0.3) is 0 Å². The molecule has 0 heterocycles. The Labute approximate surface area is 76.0 Å². The van der Waals surface area contributed by atoms with Crippen molar-refractivity contribution >= 4 is 0 Å². The Morgan fingerprint density at radius 3 is 2.00 bits per heavy atom. The van der Waals surface area contributed by atoms with E-state index in [0.717, 1.165) is 12.8 Å². The zero-order chi connectivity index (χ0) is 9.56. The summed E-state index contributed by atoms with van der Waals surface area (Å²) < 4.78 is 0. The standard InChI is InChI=1S/C10H20N2/c1-5-9(6-2)10(7-11)12-8(3)4/h8-10,12H,5-6H2,1-4H3/t10-/m0/s1. The molecule has 0 saturated carbocycles. The van der Waals surface area contributed by atoms with E-state index >= 15 is 0 Å². The van der Waals surface area contributed by atoms with Crippen molar-refractivity contribution in [1.29, 1.82) is 5.26 Å². The van der Waals surface area contributed by atoms with Crippen LogP contribution in [0.3, 0.4) is 0 Å². The maximum absolute atomic E-state index is 8.90. The first kappa shape index (κ1) is 11.4. The smallest absolute Gasteiger partial charge is 0.0983 e. The van der Waals surface area contributed by atoms with Crippen LogP contribution in [0.4, 0.5) is 0 Å². The zero-order valence-corrected chi connectivity index (χ0v) is 8.59. The second kappa shape index (κ2) is 6.02. The van der Waals surface area contributed by atoms with E-state index in [1.807, 2.05) is 0 Å². The Morgan fingerprint density at radius 1 is 1.25 bits per heavy atom. The fraction of sp³-hybridized carbons (Fsp3) is 0.900. The molecule has 0 spiro atoms. The summed E-state index contributed by atoms with van der Waals surface area (Å²) in [5.74, 6) is 0.498. The molecule has 0 aromatic rings. The Bertz CT molecular complexity index is 142. The molecular weight excluding hydrogens is 148 g/mol. The third-order valence-corrected chi connectivity index (χ3v) is 2.17. The van der Waals surface area contributed by atoms with Crippen LogP contribution in [-0.2, 0) is 0 Å². The summed E-state index contributed by atoms with van der Waals surface area (Å²) in [6.45, 7) is 8.43. The maximum Gasteiger partial charge on any atom is 0.0983 e. The lowest BCUT2D eigenvalue weighted by Gasteiger charge is -2.22. The minimum Gasteiger partial charge on any atom is -0.299 e. The highest BCUT2D eigenvalue weighted by atomic mass is 14.9. The predicted molar refractivity (Wildman–Crippen MR) is 51.7 cm³/mol. The number of hydrogen-bond acceptors (Lipinski definition) is 2. The van der Waals surface area contributed by atoms with Crippen LogP contribution in [0.25, 0.3) is 0 Å². The first-order valence-electron chi connectivity index (χ1n) is 4.81. The van der Waals surface area contributed by atoms with Crippen LogP contribution in [0.1, 0.15) is 40.5 Å². The summed E-state index contributed by atoms with van der Waals surface area (Å²) in [5, 5.41) is 12.2. The van der Waals surface area contributed by atoms with Crippen LogP contribution < -0.4 is 5.32 Å². The van der Waals surface area contributed by atoms with Crippen LogP contribution in [-0.4, -0.2) is 12.1 Å². The van der Waals surface area contributed by atoms with E-state index in [1.165, 1.54) is 0 Å². The largest absolute Gasteiger partial charge is 0.299 e. The van der Waals surface area contributed by atoms with Crippen molar-refractivity contribution in [1.82, 2.24) is 5.32 Å². The van der Waals surface area contributed by atoms with Crippen molar-refractivity contribution in [2.45, 2.75) is 52.6 Å². The van der Waals surface area contributed by atoms with Crippen LogP contribution in [0.5, 0.6) is 0 Å². The molecule has 2 heteroatoms. The molecular formula is C10H20N2. The van der Waals surface area contributed by atoms with Gasteiger partial charge < -0.3 is 0 Å². The second-order valence-corrected chi connectivity index (χ2v) is 3.50. The molecule has 1 N–H and O–H groups in total. The molecule has 0 amide bonds. The van der Waals surface area contributed by atoms with E-state index in [4.69, 9.17) is 5.26 Å². The van der Waals surface area contributed by atoms with Gasteiger partial charge in [-0.05, 0) is 19.8 Å². The predicted octanol–water partition coefficient (Wildman–Crippen LogP) is 2.31. The first-order valence-corrected chi connectivity index (χ1v) is 4.81. The lowest BCUT2D eigenvalue weighted by atomic mass is 9.95. The normalized spacial score (nSPS) is 13.4. The zero-order valence-electron chi connectivity index (χ0n) is 8.59. The molecule has 0 aliphatic heterocycles. The van der Waals surface area contributed by atoms with Crippen molar-refractivity contribution in [2.75, 3.05) is 0 Å². The van der Waals surface area contributed by atoms with Gasteiger partial charge in [0.1, 0.15) is 0 Å². The SMILES string of the molecule is CCC(CC)[C@H](C#N)NC(C)C. The van der Waals surface area contributed by atoms with Crippen molar-refractivity contribution in [3.8, 4) is 6.07 Å². The minimum atomic E-state index is 0.0278. The van der Waals surface area contributed by atoms with Crippen molar-refractivity contribution in [2.24, 2.45) is 5.92 Å². The average Bonchev–Trinajstić information content (AvgIpc) is 2.04. The Hall–Kier alpha value is -0.550. The van der Waals surface area contributed by atoms with Gasteiger partial charge in [0.15, 0.2) is 0 Å². The molecule has 0 aliphatic rings. The molecule has 0 aliphatic carbocycles. The molecule has 0 aromatic heterocycles. The summed E-state index contributed by atoms with van der Waals surface area (Å²) >= 11 is 0. The van der Waals surface area contributed by atoms with Gasteiger partial charge >= 0.3 is 0 Å². The van der Waals surface area contributed by atoms with Crippen molar-refractivity contribution in [3.63, 3.8) is 0 Å². The Kier molecular flexibility index (Phi) is 5.74. The van der Waals surface area contributed by atoms with Crippen LogP contribution in [0.2, 0.25) is 0 Å². The van der Waals surface area contributed by atoms with Crippen molar-refractivity contribution in [3.05, 3.63) is 0 Å². The van der Waals surface area contributed by atoms with E-state index in [0.29, 0.717) is 12.0 Å². The summed E-state index contributed by atoms with van der Waals surface area (Å²) in [6, 6.07) is 2.75. The highest BCUT2D eigenvalue weighted by molar-refractivity contribution is 4.94. The van der Waals surface area contributed by atoms with E-state index in [-0.39, 0.29) is 6.04 Å². The van der Waals surface area contributed by atoms with Crippen LogP contribution >= 0.6 is 0 Å². The van der Waals surface area contributed by atoms with Crippen molar-refractivity contribution < 1.29 is 0 Å². The third-order valence-electron chi connectivity index (χ3n) is 2.17. The number of nitriles is 1. The van der Waals surface area contributed by atoms with Gasteiger partial charge in [-0.15, -0.1) is 0 Å². The monoisotopic (exact) mass is 168 g/mol. The molecule has 0 rings (SSSR count). The summed E-state index contributed by atoms with van der Waals surface area (Å²) in [5.41, 5.74) is 0. The highest BCUT2D eigenvalue weighted by Gasteiger charge is 2.17. The third kappa shape index (κ3) is 3.73. The fourth-order valence-corrected chi connectivity index (χ4v) is 1.40. The molecule has 0 saturated heterocycles. The Morgan fingerprint density at radius 2 is 1.75 bits per heavy atom. The number of hydrogen-bond donors (Lipinski definition) is 1. The number of nitrogens with zero attached hydrogens (tertiary/aromatic N) is 1. The van der Waals surface area contributed by atoms with Gasteiger partial charge in [0.2, 0.25) is 0 Å². The Balaban J connectivity index is 4.04. The lowest BCUT2D eigenvalue weighted by Crippen LogP contribution is -2.38. The van der Waals surface area contributed by atoms with Gasteiger partial charge in [-0.25, -0.2) is 0 Å². The molecule has 0 fully saturated rings.